The van der Waals surface area contributed by atoms with Gasteiger partial charge >= 0.3 is 5.97 Å². The van der Waals surface area contributed by atoms with Crippen molar-refractivity contribution in [3.8, 4) is 0 Å². The van der Waals surface area contributed by atoms with Crippen molar-refractivity contribution >= 4 is 34.7 Å². The first-order valence-electron chi connectivity index (χ1n) is 11.7. The molecule has 1 atom stereocenters. The van der Waals surface area contributed by atoms with Crippen LogP contribution in [0.25, 0.3) is 11.0 Å². The molecular formula is C25H30N6O6. The molecule has 3 rings (SSSR count). The molecule has 2 aromatic carbocycles. The number of carbonyl (C=O) groups is 4. The first kappa shape index (κ1) is 27.3. The molecule has 196 valence electrons. The van der Waals surface area contributed by atoms with Crippen LogP contribution in [0.15, 0.2) is 48.5 Å². The van der Waals surface area contributed by atoms with Gasteiger partial charge in [-0.15, -0.1) is 0 Å². The van der Waals surface area contributed by atoms with Crippen LogP contribution in [0.3, 0.4) is 0 Å². The molecule has 12 nitrogen and oxygen atoms in total. The molecule has 37 heavy (non-hydrogen) atoms. The van der Waals surface area contributed by atoms with Crippen LogP contribution in [0.5, 0.6) is 0 Å². The van der Waals surface area contributed by atoms with Gasteiger partial charge in [0.05, 0.1) is 24.2 Å². The van der Waals surface area contributed by atoms with Gasteiger partial charge in [0.25, 0.3) is 5.91 Å². The summed E-state index contributed by atoms with van der Waals surface area (Å²) in [5.74, 6) is -1.54. The van der Waals surface area contributed by atoms with Crippen molar-refractivity contribution in [2.45, 2.75) is 31.8 Å². The van der Waals surface area contributed by atoms with Gasteiger partial charge < -0.3 is 25.7 Å². The maximum atomic E-state index is 12.7. The molecule has 1 aromatic heterocycles. The highest BCUT2D eigenvalue weighted by Crippen LogP contribution is 2.25. The molecule has 6 N–H and O–H groups in total. The number of hydrogen-bond donors (Lipinski definition) is 5. The maximum Gasteiger partial charge on any atom is 0.325 e. The number of ether oxygens (including phenoxy) is 1. The van der Waals surface area contributed by atoms with Gasteiger partial charge in [-0.25, -0.2) is 10.5 Å². The van der Waals surface area contributed by atoms with Crippen molar-refractivity contribution in [2.75, 3.05) is 20.2 Å². The Bertz CT molecular complexity index is 1260. The third-order valence-electron chi connectivity index (χ3n) is 5.65. The first-order valence-corrected chi connectivity index (χ1v) is 11.7. The molecule has 0 spiro atoms. The Morgan fingerprint density at radius 3 is 2.49 bits per heavy atom. The summed E-state index contributed by atoms with van der Waals surface area (Å²) < 4.78 is 6.43. The lowest BCUT2D eigenvalue weighted by atomic mass is 10.0. The van der Waals surface area contributed by atoms with Crippen molar-refractivity contribution in [1.29, 1.82) is 0 Å². The van der Waals surface area contributed by atoms with Crippen LogP contribution in [0, 0.1) is 0 Å². The first-order chi connectivity index (χ1) is 17.9. The fourth-order valence-electron chi connectivity index (χ4n) is 3.85. The van der Waals surface area contributed by atoms with Gasteiger partial charge in [-0.2, -0.15) is 0 Å². The second-order valence-corrected chi connectivity index (χ2v) is 8.22. The zero-order valence-electron chi connectivity index (χ0n) is 20.4. The number of esters is 1. The van der Waals surface area contributed by atoms with E-state index in [-0.39, 0.29) is 19.4 Å². The third-order valence-corrected chi connectivity index (χ3v) is 5.65. The number of carbonyl (C=O) groups excluding carboxylic acids is 4. The van der Waals surface area contributed by atoms with E-state index in [1.807, 2.05) is 34.9 Å². The van der Waals surface area contributed by atoms with Crippen molar-refractivity contribution < 1.29 is 29.1 Å². The van der Waals surface area contributed by atoms with E-state index in [1.165, 1.54) is 12.6 Å². The molecule has 0 fully saturated rings. The predicted octanol–water partition coefficient (Wildman–Crippen LogP) is 0.583. The normalized spacial score (nSPS) is 11.5. The number of nitrogens with two attached hydrogens (primary N) is 1. The van der Waals surface area contributed by atoms with E-state index in [0.29, 0.717) is 36.4 Å². The maximum absolute atomic E-state index is 12.7. The number of methoxy groups -OCH3 is 1. The predicted molar refractivity (Wildman–Crippen MR) is 133 cm³/mol. The summed E-state index contributed by atoms with van der Waals surface area (Å²) >= 11 is 0. The Kier molecular flexibility index (Phi) is 9.69. The third kappa shape index (κ3) is 7.35. The van der Waals surface area contributed by atoms with Crippen LogP contribution in [0.2, 0.25) is 0 Å². The Hall–Kier alpha value is -4.29. The molecule has 0 aliphatic carbocycles. The molecule has 0 aliphatic heterocycles. The van der Waals surface area contributed by atoms with Gasteiger partial charge in [-0.05, 0) is 30.2 Å². The van der Waals surface area contributed by atoms with Gasteiger partial charge in [-0.3, -0.25) is 24.4 Å². The molecule has 0 aliphatic rings. The zero-order chi connectivity index (χ0) is 26.8. The number of rotatable bonds is 12. The van der Waals surface area contributed by atoms with Gasteiger partial charge in [0.2, 0.25) is 11.8 Å². The second kappa shape index (κ2) is 13.1. The van der Waals surface area contributed by atoms with Crippen LogP contribution in [-0.4, -0.2) is 58.6 Å². The molecule has 3 amide bonds. The van der Waals surface area contributed by atoms with Crippen LogP contribution in [-0.2, 0) is 32.1 Å². The van der Waals surface area contributed by atoms with Crippen molar-refractivity contribution in [1.82, 2.24) is 25.7 Å². The quantitative estimate of drug-likeness (QED) is 0.133. The summed E-state index contributed by atoms with van der Waals surface area (Å²) in [6.45, 7) is 0.454. The summed E-state index contributed by atoms with van der Waals surface area (Å²) in [6.07, 6.45) is 0.113. The minimum absolute atomic E-state index is 0.126. The lowest BCUT2D eigenvalue weighted by Crippen LogP contribution is -2.33. The largest absolute Gasteiger partial charge is 0.468 e. The molecule has 1 unspecified atom stereocenters. The Morgan fingerprint density at radius 2 is 1.81 bits per heavy atom. The van der Waals surface area contributed by atoms with E-state index in [1.54, 1.807) is 18.2 Å². The summed E-state index contributed by atoms with van der Waals surface area (Å²) in [6, 6.07) is 13.9. The highest BCUT2D eigenvalue weighted by Gasteiger charge is 2.23. The van der Waals surface area contributed by atoms with E-state index < -0.39 is 29.7 Å². The number of amides is 3. The topological polar surface area (TPSA) is 178 Å². The van der Waals surface area contributed by atoms with Gasteiger partial charge in [0.1, 0.15) is 12.4 Å². The van der Waals surface area contributed by atoms with E-state index in [0.717, 1.165) is 11.1 Å². The molecule has 0 bridgehead atoms. The molecule has 12 heteroatoms. The Labute approximate surface area is 213 Å². The fraction of sp³-hybridized carbons (Fsp3) is 0.320. The second-order valence-electron chi connectivity index (χ2n) is 8.22. The van der Waals surface area contributed by atoms with E-state index in [9.17, 15) is 19.2 Å². The van der Waals surface area contributed by atoms with Crippen molar-refractivity contribution in [3.05, 3.63) is 65.5 Å². The average molecular weight is 511 g/mol. The van der Waals surface area contributed by atoms with Gasteiger partial charge in [0, 0.05) is 31.5 Å². The van der Waals surface area contributed by atoms with Gasteiger partial charge in [-0.1, -0.05) is 30.3 Å². The summed E-state index contributed by atoms with van der Waals surface area (Å²) in [5.41, 5.74) is 9.88. The van der Waals surface area contributed by atoms with Crippen LogP contribution in [0.4, 0.5) is 0 Å². The molecule has 0 saturated heterocycles. The molecule has 0 saturated carbocycles. The van der Waals surface area contributed by atoms with E-state index in [2.05, 4.69) is 15.4 Å². The minimum atomic E-state index is -0.664. The number of hydroxylamine groups is 1. The molecule has 0 radical (unpaired) electrons. The van der Waals surface area contributed by atoms with E-state index in [4.69, 9.17) is 15.9 Å². The minimum Gasteiger partial charge on any atom is -0.468 e. The zero-order valence-corrected chi connectivity index (χ0v) is 20.4. The SMILES string of the molecule is COC(=O)CNC(=O)c1ccc2c(c1)nc(C(Cc1ccccc1)NC(=O)CCC(=O)NO)n2CCN. The molecular weight excluding hydrogens is 480 g/mol. The number of nitrogens with zero attached hydrogens (tertiary/aromatic N) is 2. The highest BCUT2D eigenvalue weighted by atomic mass is 16.5. The average Bonchev–Trinajstić information content (AvgIpc) is 3.28. The molecule has 1 heterocycles. The Balaban J connectivity index is 1.95. The number of fused-ring (bicyclic) bond motifs is 1. The summed E-state index contributed by atoms with van der Waals surface area (Å²) in [4.78, 5) is 52.7. The van der Waals surface area contributed by atoms with Crippen molar-refractivity contribution in [2.24, 2.45) is 5.73 Å². The number of hydrogen-bond acceptors (Lipinski definition) is 8. The fourth-order valence-corrected chi connectivity index (χ4v) is 3.85. The lowest BCUT2D eigenvalue weighted by Gasteiger charge is -2.20. The summed E-state index contributed by atoms with van der Waals surface area (Å²) in [5, 5.41) is 14.1. The van der Waals surface area contributed by atoms with E-state index >= 15 is 0 Å². The number of imidazole rings is 1. The van der Waals surface area contributed by atoms with Crippen molar-refractivity contribution in [3.63, 3.8) is 0 Å². The Morgan fingerprint density at radius 1 is 1.08 bits per heavy atom. The van der Waals surface area contributed by atoms with Crippen LogP contribution in [0.1, 0.15) is 40.6 Å². The van der Waals surface area contributed by atoms with Gasteiger partial charge in [0.15, 0.2) is 0 Å². The number of benzene rings is 2. The number of aromatic nitrogens is 2. The van der Waals surface area contributed by atoms with Crippen LogP contribution < -0.4 is 21.8 Å². The standard InChI is InChI=1S/C25H30N6O6/c1-37-23(34)15-27-25(35)17-7-8-20-18(14-17)29-24(31(20)12-11-26)19(13-16-5-3-2-4-6-16)28-21(32)9-10-22(33)30-36/h2-8,14,19,36H,9-13,15,26H2,1H3,(H,27,35)(H,28,32)(H,30,33). The smallest absolute Gasteiger partial charge is 0.325 e. The lowest BCUT2D eigenvalue weighted by molar-refractivity contribution is -0.139. The number of nitrogens with one attached hydrogen (secondary N) is 3. The molecule has 3 aromatic rings. The van der Waals surface area contributed by atoms with Crippen LogP contribution >= 0.6 is 0 Å². The summed E-state index contributed by atoms with van der Waals surface area (Å²) in [7, 11) is 1.23. The highest BCUT2D eigenvalue weighted by molar-refractivity contribution is 5.98. The monoisotopic (exact) mass is 510 g/mol.